The number of carbonyl (C=O) groups is 1. The third kappa shape index (κ3) is 1.29. The summed E-state index contributed by atoms with van der Waals surface area (Å²) in [5.74, 6) is 0.0451. The Kier molecular flexibility index (Phi) is 1.97. The van der Waals surface area contributed by atoms with Crippen molar-refractivity contribution in [3.05, 3.63) is 46.5 Å². The van der Waals surface area contributed by atoms with Crippen molar-refractivity contribution in [2.75, 3.05) is 0 Å². The highest BCUT2D eigenvalue weighted by molar-refractivity contribution is 6.32. The predicted molar refractivity (Wildman–Crippen MR) is 53.2 cm³/mol. The van der Waals surface area contributed by atoms with E-state index in [4.69, 9.17) is 11.6 Å². The van der Waals surface area contributed by atoms with Gasteiger partial charge in [-0.3, -0.25) is 4.79 Å². The average molecular weight is 193 g/mol. The molecule has 2 heteroatoms. The van der Waals surface area contributed by atoms with Gasteiger partial charge in [0.1, 0.15) is 0 Å². The molecule has 0 radical (unpaired) electrons. The molecule has 0 aromatic heterocycles. The van der Waals surface area contributed by atoms with Crippen LogP contribution in [0.25, 0.3) is 0 Å². The average Bonchev–Trinajstić information content (AvgIpc) is 2.12. The molecule has 1 aliphatic carbocycles. The molecule has 0 atom stereocenters. The van der Waals surface area contributed by atoms with Crippen LogP contribution in [-0.2, 0) is 6.42 Å². The number of carbonyl (C=O) groups excluding carboxylic acids is 1. The highest BCUT2D eigenvalue weighted by Crippen LogP contribution is 2.29. The van der Waals surface area contributed by atoms with E-state index in [-0.39, 0.29) is 5.78 Å². The number of hydrogen-bond acceptors (Lipinski definition) is 1. The van der Waals surface area contributed by atoms with Crippen LogP contribution in [0.3, 0.4) is 0 Å². The Morgan fingerprint density at radius 3 is 2.85 bits per heavy atom. The zero-order valence-electron chi connectivity index (χ0n) is 7.14. The summed E-state index contributed by atoms with van der Waals surface area (Å²) in [4.78, 5) is 11.6. The summed E-state index contributed by atoms with van der Waals surface area (Å²) in [5, 5.41) is 0.693. The van der Waals surface area contributed by atoms with Gasteiger partial charge >= 0.3 is 0 Å². The number of allylic oxidation sites excluding steroid dienone is 1. The summed E-state index contributed by atoms with van der Waals surface area (Å²) >= 11 is 5.97. The van der Waals surface area contributed by atoms with E-state index in [2.05, 4.69) is 6.58 Å². The minimum Gasteiger partial charge on any atom is -0.289 e. The van der Waals surface area contributed by atoms with Crippen molar-refractivity contribution in [3.63, 3.8) is 0 Å². The van der Waals surface area contributed by atoms with Gasteiger partial charge in [0.25, 0.3) is 0 Å². The molecular formula is C11H9ClO. The lowest BCUT2D eigenvalue weighted by Gasteiger charge is -2.17. The number of rotatable bonds is 0. The number of fused-ring (bicyclic) bond motifs is 1. The van der Waals surface area contributed by atoms with Gasteiger partial charge in [-0.1, -0.05) is 30.3 Å². The molecule has 0 amide bonds. The van der Waals surface area contributed by atoms with Crippen molar-refractivity contribution in [2.24, 2.45) is 0 Å². The quantitative estimate of drug-likeness (QED) is 0.578. The molecule has 13 heavy (non-hydrogen) atoms. The third-order valence-electron chi connectivity index (χ3n) is 2.36. The summed E-state index contributed by atoms with van der Waals surface area (Å²) in [6.45, 7) is 3.73. The van der Waals surface area contributed by atoms with Crippen molar-refractivity contribution in [3.8, 4) is 0 Å². The summed E-state index contributed by atoms with van der Waals surface area (Å²) < 4.78 is 0. The summed E-state index contributed by atoms with van der Waals surface area (Å²) in [5.41, 5.74) is 2.39. The van der Waals surface area contributed by atoms with E-state index in [0.717, 1.165) is 24.0 Å². The van der Waals surface area contributed by atoms with Crippen molar-refractivity contribution >= 4 is 17.4 Å². The molecule has 0 fully saturated rings. The van der Waals surface area contributed by atoms with Crippen molar-refractivity contribution < 1.29 is 4.79 Å². The maximum atomic E-state index is 11.6. The van der Waals surface area contributed by atoms with Crippen LogP contribution in [-0.4, -0.2) is 5.78 Å². The van der Waals surface area contributed by atoms with E-state index < -0.39 is 0 Å². The molecule has 0 heterocycles. The second-order valence-electron chi connectivity index (χ2n) is 3.20. The summed E-state index contributed by atoms with van der Waals surface area (Å²) in [7, 11) is 0. The Morgan fingerprint density at radius 2 is 2.08 bits per heavy atom. The molecule has 1 aromatic rings. The third-order valence-corrected chi connectivity index (χ3v) is 2.72. The molecule has 0 N–H and O–H groups in total. The van der Waals surface area contributed by atoms with Crippen LogP contribution < -0.4 is 0 Å². The molecule has 0 saturated heterocycles. The van der Waals surface area contributed by atoms with E-state index >= 15 is 0 Å². The van der Waals surface area contributed by atoms with Crippen molar-refractivity contribution in [1.29, 1.82) is 0 Å². The largest absolute Gasteiger partial charge is 0.289 e. The van der Waals surface area contributed by atoms with Gasteiger partial charge in [0.15, 0.2) is 5.78 Å². The molecule has 1 nitrogen and oxygen atoms in total. The topological polar surface area (TPSA) is 17.1 Å². The maximum Gasteiger partial charge on any atom is 0.188 e. The van der Waals surface area contributed by atoms with Crippen LogP contribution in [0.4, 0.5) is 0 Å². The first-order valence-corrected chi connectivity index (χ1v) is 4.58. The molecule has 66 valence electrons. The zero-order chi connectivity index (χ0) is 9.42. The summed E-state index contributed by atoms with van der Waals surface area (Å²) in [6, 6.07) is 5.44. The summed E-state index contributed by atoms with van der Waals surface area (Å²) in [6.07, 6.45) is 1.56. The normalized spacial score (nSPS) is 15.8. The van der Waals surface area contributed by atoms with Crippen LogP contribution in [0.5, 0.6) is 0 Å². The lowest BCUT2D eigenvalue weighted by Crippen LogP contribution is -2.13. The van der Waals surface area contributed by atoms with Crippen LogP contribution in [0, 0.1) is 0 Å². The molecule has 0 saturated carbocycles. The molecule has 1 aliphatic rings. The molecule has 0 unspecified atom stereocenters. The number of halogens is 1. The second kappa shape index (κ2) is 3.00. The number of benzene rings is 1. The molecular weight excluding hydrogens is 184 g/mol. The lowest BCUT2D eigenvalue weighted by molar-refractivity contribution is 0.102. The lowest BCUT2D eigenvalue weighted by atomic mass is 9.88. The van der Waals surface area contributed by atoms with Crippen molar-refractivity contribution in [1.82, 2.24) is 0 Å². The van der Waals surface area contributed by atoms with Crippen LogP contribution >= 0.6 is 11.6 Å². The van der Waals surface area contributed by atoms with Crippen LogP contribution in [0.1, 0.15) is 22.3 Å². The van der Waals surface area contributed by atoms with E-state index in [1.165, 1.54) is 0 Å². The fourth-order valence-corrected chi connectivity index (χ4v) is 1.87. The van der Waals surface area contributed by atoms with Gasteiger partial charge in [-0.25, -0.2) is 0 Å². The monoisotopic (exact) mass is 192 g/mol. The standard InChI is InChI=1S/C11H9ClO/c1-7-5-6-8-9(11(7)13)3-2-4-10(8)12/h2-4H,1,5-6H2. The first-order valence-electron chi connectivity index (χ1n) is 4.20. The smallest absolute Gasteiger partial charge is 0.188 e. The number of hydrogen-bond donors (Lipinski definition) is 0. The molecule has 0 aliphatic heterocycles. The van der Waals surface area contributed by atoms with E-state index in [9.17, 15) is 4.79 Å². The van der Waals surface area contributed by atoms with Gasteiger partial charge in [0.2, 0.25) is 0 Å². The van der Waals surface area contributed by atoms with Crippen molar-refractivity contribution in [2.45, 2.75) is 12.8 Å². The van der Waals surface area contributed by atoms with E-state index in [1.54, 1.807) is 6.07 Å². The number of ketones is 1. The predicted octanol–water partition coefficient (Wildman–Crippen LogP) is 3.03. The second-order valence-corrected chi connectivity index (χ2v) is 3.61. The minimum absolute atomic E-state index is 0.0451. The highest BCUT2D eigenvalue weighted by Gasteiger charge is 2.21. The first kappa shape index (κ1) is 8.52. The number of Topliss-reactive ketones (excluding diaryl/α,β-unsaturated/α-hetero) is 1. The first-order chi connectivity index (χ1) is 6.20. The Labute approximate surface area is 82.0 Å². The fraction of sp³-hybridized carbons (Fsp3) is 0.182. The maximum absolute atomic E-state index is 11.6. The van der Waals surface area contributed by atoms with Crippen LogP contribution in [0.2, 0.25) is 5.02 Å². The van der Waals surface area contributed by atoms with Crippen LogP contribution in [0.15, 0.2) is 30.4 Å². The molecule has 0 spiro atoms. The van der Waals surface area contributed by atoms with E-state index in [1.807, 2.05) is 12.1 Å². The Hall–Kier alpha value is -1.08. The highest BCUT2D eigenvalue weighted by atomic mass is 35.5. The Morgan fingerprint density at radius 1 is 1.31 bits per heavy atom. The Balaban J connectivity index is 2.62. The molecule has 0 bridgehead atoms. The zero-order valence-corrected chi connectivity index (χ0v) is 7.90. The van der Waals surface area contributed by atoms with Gasteiger partial charge in [-0.05, 0) is 30.0 Å². The SMILES string of the molecule is C=C1CCc2c(Cl)cccc2C1=O. The van der Waals surface area contributed by atoms with Gasteiger partial charge in [0, 0.05) is 10.6 Å². The van der Waals surface area contributed by atoms with Gasteiger partial charge in [-0.15, -0.1) is 0 Å². The van der Waals surface area contributed by atoms with Gasteiger partial charge in [0.05, 0.1) is 0 Å². The molecule has 1 aromatic carbocycles. The fourth-order valence-electron chi connectivity index (χ4n) is 1.61. The molecule has 2 rings (SSSR count). The van der Waals surface area contributed by atoms with Gasteiger partial charge < -0.3 is 0 Å². The minimum atomic E-state index is 0.0451. The van der Waals surface area contributed by atoms with Gasteiger partial charge in [-0.2, -0.15) is 0 Å². The van der Waals surface area contributed by atoms with E-state index in [0.29, 0.717) is 10.6 Å². The Bertz CT molecular complexity index is 393.